The lowest BCUT2D eigenvalue weighted by atomic mass is 9.94. The van der Waals surface area contributed by atoms with Crippen LogP contribution in [0.3, 0.4) is 0 Å². The van der Waals surface area contributed by atoms with E-state index in [2.05, 4.69) is 17.3 Å². The first-order valence-corrected chi connectivity index (χ1v) is 7.73. The maximum atomic E-state index is 12.6. The number of halogens is 1. The molecule has 3 rings (SSSR count). The highest BCUT2D eigenvalue weighted by molar-refractivity contribution is 6.30. The van der Waals surface area contributed by atoms with Crippen LogP contribution in [0.25, 0.3) is 0 Å². The van der Waals surface area contributed by atoms with Crippen LogP contribution in [0.4, 0.5) is 0 Å². The van der Waals surface area contributed by atoms with Crippen LogP contribution in [0.1, 0.15) is 31.2 Å². The molecule has 0 aromatic heterocycles. The average Bonchev–Trinajstić information content (AvgIpc) is 3.24. The van der Waals surface area contributed by atoms with Crippen LogP contribution in [0, 0.1) is 0 Å². The molecule has 2 aliphatic rings. The maximum absolute atomic E-state index is 12.6. The lowest BCUT2D eigenvalue weighted by Crippen LogP contribution is -2.46. The number of benzene rings is 1. The molecule has 2 fully saturated rings. The van der Waals surface area contributed by atoms with E-state index >= 15 is 0 Å². The van der Waals surface area contributed by atoms with Crippen molar-refractivity contribution in [1.29, 1.82) is 0 Å². The molecular weight excluding hydrogens is 272 g/mol. The lowest BCUT2D eigenvalue weighted by molar-refractivity contribution is -0.124. The number of amides is 1. The van der Waals surface area contributed by atoms with Gasteiger partial charge in [-0.2, -0.15) is 0 Å². The van der Waals surface area contributed by atoms with Gasteiger partial charge in [-0.3, -0.25) is 4.79 Å². The van der Waals surface area contributed by atoms with E-state index in [1.54, 1.807) is 0 Å². The molecule has 0 radical (unpaired) electrons. The van der Waals surface area contributed by atoms with Crippen molar-refractivity contribution in [3.05, 3.63) is 34.9 Å². The Balaban J connectivity index is 1.66. The molecule has 1 amide bonds. The number of rotatable bonds is 3. The van der Waals surface area contributed by atoms with Crippen molar-refractivity contribution < 1.29 is 4.79 Å². The van der Waals surface area contributed by atoms with E-state index < -0.39 is 0 Å². The monoisotopic (exact) mass is 292 g/mol. The highest BCUT2D eigenvalue weighted by Crippen LogP contribution is 2.48. The van der Waals surface area contributed by atoms with Crippen LogP contribution < -0.4 is 5.32 Å². The fourth-order valence-corrected chi connectivity index (χ4v) is 3.14. The van der Waals surface area contributed by atoms with E-state index in [9.17, 15) is 4.79 Å². The van der Waals surface area contributed by atoms with E-state index in [4.69, 9.17) is 11.6 Å². The van der Waals surface area contributed by atoms with Crippen molar-refractivity contribution in [3.63, 3.8) is 0 Å². The summed E-state index contributed by atoms with van der Waals surface area (Å²) in [6, 6.07) is 8.07. The third kappa shape index (κ3) is 2.70. The predicted molar refractivity (Wildman–Crippen MR) is 81.0 cm³/mol. The molecule has 1 aromatic carbocycles. The van der Waals surface area contributed by atoms with E-state index in [-0.39, 0.29) is 11.3 Å². The Hall–Kier alpha value is -1.06. The van der Waals surface area contributed by atoms with Crippen LogP contribution in [-0.2, 0) is 10.2 Å². The van der Waals surface area contributed by atoms with Gasteiger partial charge in [0.25, 0.3) is 0 Å². The molecule has 1 heterocycles. The molecule has 1 aromatic rings. The maximum Gasteiger partial charge on any atom is 0.230 e. The fraction of sp³-hybridized carbons (Fsp3) is 0.562. The number of hydrogen-bond acceptors (Lipinski definition) is 2. The van der Waals surface area contributed by atoms with E-state index in [1.165, 1.54) is 0 Å². The minimum absolute atomic E-state index is 0.203. The van der Waals surface area contributed by atoms with Gasteiger partial charge in [0.15, 0.2) is 0 Å². The second-order valence-electron chi connectivity index (χ2n) is 6.14. The number of hydrogen-bond donors (Lipinski definition) is 1. The number of likely N-dealkylation sites (tertiary alicyclic amines) is 1. The summed E-state index contributed by atoms with van der Waals surface area (Å²) in [6.07, 6.45) is 4.01. The van der Waals surface area contributed by atoms with Crippen LogP contribution in [0.15, 0.2) is 24.3 Å². The topological polar surface area (TPSA) is 32.3 Å². The highest BCUT2D eigenvalue weighted by Gasteiger charge is 2.51. The third-order valence-electron chi connectivity index (χ3n) is 4.64. The summed E-state index contributed by atoms with van der Waals surface area (Å²) in [5.74, 6) is 0.203. The van der Waals surface area contributed by atoms with Gasteiger partial charge < -0.3 is 10.2 Å². The van der Waals surface area contributed by atoms with Gasteiger partial charge in [0.1, 0.15) is 0 Å². The van der Waals surface area contributed by atoms with Gasteiger partial charge in [0.05, 0.1) is 5.41 Å². The number of nitrogens with one attached hydrogen (secondary N) is 1. The normalized spacial score (nSPS) is 22.5. The van der Waals surface area contributed by atoms with Gasteiger partial charge in [-0.15, -0.1) is 0 Å². The zero-order chi connectivity index (χ0) is 14.2. The molecule has 0 unspecified atom stereocenters. The number of nitrogens with zero attached hydrogens (tertiary/aromatic N) is 1. The molecule has 1 saturated heterocycles. The van der Waals surface area contributed by atoms with Crippen LogP contribution >= 0.6 is 11.6 Å². The minimum Gasteiger partial charge on any atom is -0.353 e. The Kier molecular flexibility index (Phi) is 3.74. The molecule has 0 spiro atoms. The number of carbonyl (C=O) groups excluding carboxylic acids is 1. The van der Waals surface area contributed by atoms with Gasteiger partial charge in [-0.1, -0.05) is 23.7 Å². The highest BCUT2D eigenvalue weighted by atomic mass is 35.5. The standard InChI is InChI=1S/C16H21ClN2O/c1-19-10-6-14(7-11-19)18-15(20)16(8-9-16)12-2-4-13(17)5-3-12/h2-5,14H,6-11H2,1H3,(H,18,20). The third-order valence-corrected chi connectivity index (χ3v) is 4.89. The Labute approximate surface area is 125 Å². The molecule has 1 saturated carbocycles. The lowest BCUT2D eigenvalue weighted by Gasteiger charge is -2.30. The summed E-state index contributed by atoms with van der Waals surface area (Å²) in [4.78, 5) is 14.9. The molecule has 1 aliphatic carbocycles. The summed E-state index contributed by atoms with van der Waals surface area (Å²) < 4.78 is 0. The molecule has 4 heteroatoms. The predicted octanol–water partition coefficient (Wildman–Crippen LogP) is 2.58. The molecular formula is C16H21ClN2O. The van der Waals surface area contributed by atoms with Crippen molar-refractivity contribution >= 4 is 17.5 Å². The quantitative estimate of drug-likeness (QED) is 0.929. The molecule has 1 aliphatic heterocycles. The molecule has 20 heavy (non-hydrogen) atoms. The summed E-state index contributed by atoms with van der Waals surface area (Å²) in [5.41, 5.74) is 0.820. The first-order chi connectivity index (χ1) is 9.60. The summed E-state index contributed by atoms with van der Waals surface area (Å²) in [6.45, 7) is 2.14. The molecule has 3 nitrogen and oxygen atoms in total. The van der Waals surface area contributed by atoms with Crippen LogP contribution in [0.2, 0.25) is 5.02 Å². The second kappa shape index (κ2) is 5.38. The molecule has 0 bridgehead atoms. The molecule has 1 N–H and O–H groups in total. The zero-order valence-electron chi connectivity index (χ0n) is 11.9. The SMILES string of the molecule is CN1CCC(NC(=O)C2(c3ccc(Cl)cc3)CC2)CC1. The largest absolute Gasteiger partial charge is 0.353 e. The van der Waals surface area contributed by atoms with Crippen molar-refractivity contribution in [2.24, 2.45) is 0 Å². The summed E-state index contributed by atoms with van der Waals surface area (Å²) >= 11 is 5.93. The Bertz CT molecular complexity index is 488. The van der Waals surface area contributed by atoms with Gasteiger partial charge in [0.2, 0.25) is 5.91 Å². The van der Waals surface area contributed by atoms with E-state index in [0.717, 1.165) is 49.4 Å². The van der Waals surface area contributed by atoms with Gasteiger partial charge in [-0.05, 0) is 63.5 Å². The van der Waals surface area contributed by atoms with Crippen LogP contribution in [-0.4, -0.2) is 37.0 Å². The van der Waals surface area contributed by atoms with E-state index in [0.29, 0.717) is 6.04 Å². The van der Waals surface area contributed by atoms with Crippen molar-refractivity contribution in [2.45, 2.75) is 37.1 Å². The first kappa shape index (κ1) is 13.9. The van der Waals surface area contributed by atoms with Gasteiger partial charge in [-0.25, -0.2) is 0 Å². The summed E-state index contributed by atoms with van der Waals surface area (Å²) in [7, 11) is 2.13. The Morgan fingerprint density at radius 3 is 2.40 bits per heavy atom. The number of carbonyl (C=O) groups is 1. The molecule has 108 valence electrons. The average molecular weight is 293 g/mol. The minimum atomic E-state index is -0.284. The molecule has 0 atom stereocenters. The fourth-order valence-electron chi connectivity index (χ4n) is 3.02. The van der Waals surface area contributed by atoms with Crippen molar-refractivity contribution in [1.82, 2.24) is 10.2 Å². The smallest absolute Gasteiger partial charge is 0.230 e. The van der Waals surface area contributed by atoms with E-state index in [1.807, 2.05) is 24.3 Å². The van der Waals surface area contributed by atoms with Gasteiger partial charge >= 0.3 is 0 Å². The number of piperidine rings is 1. The Morgan fingerprint density at radius 1 is 1.25 bits per heavy atom. The van der Waals surface area contributed by atoms with Gasteiger partial charge in [0, 0.05) is 11.1 Å². The Morgan fingerprint density at radius 2 is 1.85 bits per heavy atom. The first-order valence-electron chi connectivity index (χ1n) is 7.36. The van der Waals surface area contributed by atoms with Crippen molar-refractivity contribution in [2.75, 3.05) is 20.1 Å². The zero-order valence-corrected chi connectivity index (χ0v) is 12.6. The van der Waals surface area contributed by atoms with Crippen molar-refractivity contribution in [3.8, 4) is 0 Å². The van der Waals surface area contributed by atoms with Crippen LogP contribution in [0.5, 0.6) is 0 Å². The second-order valence-corrected chi connectivity index (χ2v) is 6.58. The summed E-state index contributed by atoms with van der Waals surface area (Å²) in [5, 5.41) is 3.98.